The van der Waals surface area contributed by atoms with E-state index in [1.807, 2.05) is 0 Å². The van der Waals surface area contributed by atoms with Crippen LogP contribution in [0.4, 0.5) is 0 Å². The van der Waals surface area contributed by atoms with Crippen LogP contribution in [0.5, 0.6) is 0 Å². The molecule has 2 heteroatoms. The largest absolute Gasteiger partial charge is 0.376 e. The van der Waals surface area contributed by atoms with Crippen molar-refractivity contribution in [3.05, 3.63) is 34.9 Å². The van der Waals surface area contributed by atoms with Gasteiger partial charge in [-0.25, -0.2) is 0 Å². The van der Waals surface area contributed by atoms with Crippen molar-refractivity contribution in [3.63, 3.8) is 0 Å². The van der Waals surface area contributed by atoms with E-state index < -0.39 is 0 Å². The lowest BCUT2D eigenvalue weighted by molar-refractivity contribution is 0.110. The number of nitrogens with two attached hydrogens (primary N) is 1. The quantitative estimate of drug-likeness (QED) is 0.738. The van der Waals surface area contributed by atoms with E-state index in [0.29, 0.717) is 0 Å². The lowest BCUT2D eigenvalue weighted by Gasteiger charge is -2.17. The van der Waals surface area contributed by atoms with Gasteiger partial charge in [-0.15, -0.1) is 0 Å². The normalized spacial score (nSPS) is 15.5. The Kier molecular flexibility index (Phi) is 2.62. The highest BCUT2D eigenvalue weighted by atomic mass is 16.5. The van der Waals surface area contributed by atoms with Gasteiger partial charge in [-0.05, 0) is 36.1 Å². The van der Waals surface area contributed by atoms with E-state index in [4.69, 9.17) is 10.5 Å². The lowest BCUT2D eigenvalue weighted by Crippen LogP contribution is -2.11. The van der Waals surface area contributed by atoms with Crippen LogP contribution in [0.15, 0.2) is 18.2 Å². The average molecular weight is 177 g/mol. The van der Waals surface area contributed by atoms with Crippen molar-refractivity contribution >= 4 is 0 Å². The van der Waals surface area contributed by atoms with Gasteiger partial charge in [0.1, 0.15) is 0 Å². The highest BCUT2D eigenvalue weighted by Crippen LogP contribution is 2.18. The second-order valence-electron chi connectivity index (χ2n) is 3.44. The molecule has 2 rings (SSSR count). The molecule has 0 atom stereocenters. The zero-order valence-corrected chi connectivity index (χ0v) is 7.75. The molecular formula is C11H15NO. The average Bonchev–Trinajstić information content (AvgIpc) is 2.18. The predicted octanol–water partition coefficient (Wildman–Crippen LogP) is 1.26. The third-order valence-corrected chi connectivity index (χ3v) is 2.48. The SMILES string of the molecule is NCCc1ccc2c(c1)CCOC2. The first-order valence-electron chi connectivity index (χ1n) is 4.78. The van der Waals surface area contributed by atoms with E-state index in [0.717, 1.165) is 32.6 Å². The van der Waals surface area contributed by atoms with E-state index in [2.05, 4.69) is 18.2 Å². The standard InChI is InChI=1S/C11H15NO/c12-5-3-9-1-2-11-8-13-6-4-10(11)7-9/h1-2,7H,3-6,8,12H2. The van der Waals surface area contributed by atoms with Crippen molar-refractivity contribution in [1.29, 1.82) is 0 Å². The Morgan fingerprint density at radius 2 is 2.23 bits per heavy atom. The number of hydrogen-bond donors (Lipinski definition) is 1. The zero-order chi connectivity index (χ0) is 9.10. The third kappa shape index (κ3) is 1.90. The first kappa shape index (κ1) is 8.73. The van der Waals surface area contributed by atoms with Crippen LogP contribution < -0.4 is 5.73 Å². The Morgan fingerprint density at radius 3 is 3.08 bits per heavy atom. The second kappa shape index (κ2) is 3.90. The predicted molar refractivity (Wildman–Crippen MR) is 52.6 cm³/mol. The fraction of sp³-hybridized carbons (Fsp3) is 0.455. The molecule has 70 valence electrons. The van der Waals surface area contributed by atoms with Crippen LogP contribution >= 0.6 is 0 Å². The van der Waals surface area contributed by atoms with Gasteiger partial charge in [-0.3, -0.25) is 0 Å². The monoisotopic (exact) mass is 177 g/mol. The van der Waals surface area contributed by atoms with Crippen LogP contribution in [0.2, 0.25) is 0 Å². The van der Waals surface area contributed by atoms with Gasteiger partial charge in [0.15, 0.2) is 0 Å². The van der Waals surface area contributed by atoms with Crippen molar-refractivity contribution in [2.45, 2.75) is 19.4 Å². The smallest absolute Gasteiger partial charge is 0.0719 e. The molecule has 0 amide bonds. The van der Waals surface area contributed by atoms with Gasteiger partial charge in [0.25, 0.3) is 0 Å². The van der Waals surface area contributed by atoms with Gasteiger partial charge in [0, 0.05) is 0 Å². The van der Waals surface area contributed by atoms with Crippen LogP contribution in [0.1, 0.15) is 16.7 Å². The molecule has 1 aromatic rings. The maximum atomic E-state index is 5.51. The number of ether oxygens (including phenoxy) is 1. The second-order valence-corrected chi connectivity index (χ2v) is 3.44. The minimum absolute atomic E-state index is 0.731. The molecule has 0 fully saturated rings. The summed E-state index contributed by atoms with van der Waals surface area (Å²) in [5.41, 5.74) is 9.64. The molecule has 13 heavy (non-hydrogen) atoms. The molecule has 0 saturated heterocycles. The fourth-order valence-electron chi connectivity index (χ4n) is 1.74. The lowest BCUT2D eigenvalue weighted by atomic mass is 9.99. The number of fused-ring (bicyclic) bond motifs is 1. The molecule has 1 aromatic carbocycles. The number of benzene rings is 1. The molecule has 1 aliphatic heterocycles. The highest BCUT2D eigenvalue weighted by Gasteiger charge is 2.08. The van der Waals surface area contributed by atoms with Crippen LogP contribution in [0.25, 0.3) is 0 Å². The minimum Gasteiger partial charge on any atom is -0.376 e. The first-order chi connectivity index (χ1) is 6.40. The van der Waals surface area contributed by atoms with Crippen LogP contribution in [0.3, 0.4) is 0 Å². The van der Waals surface area contributed by atoms with Gasteiger partial charge in [0.2, 0.25) is 0 Å². The molecule has 2 N–H and O–H groups in total. The number of rotatable bonds is 2. The molecule has 1 heterocycles. The van der Waals surface area contributed by atoms with E-state index >= 15 is 0 Å². The molecule has 0 radical (unpaired) electrons. The van der Waals surface area contributed by atoms with Gasteiger partial charge in [-0.1, -0.05) is 18.2 Å². The Morgan fingerprint density at radius 1 is 1.31 bits per heavy atom. The Hall–Kier alpha value is -0.860. The Bertz CT molecular complexity index is 296. The summed E-state index contributed by atoms with van der Waals surface area (Å²) in [5.74, 6) is 0. The van der Waals surface area contributed by atoms with Gasteiger partial charge >= 0.3 is 0 Å². The maximum Gasteiger partial charge on any atom is 0.0719 e. The summed E-state index contributed by atoms with van der Waals surface area (Å²) < 4.78 is 5.37. The summed E-state index contributed by atoms with van der Waals surface area (Å²) in [6.45, 7) is 2.37. The molecule has 2 nitrogen and oxygen atoms in total. The van der Waals surface area contributed by atoms with E-state index in [1.165, 1.54) is 16.7 Å². The van der Waals surface area contributed by atoms with Crippen LogP contribution in [-0.4, -0.2) is 13.2 Å². The molecule has 0 saturated carbocycles. The minimum atomic E-state index is 0.731. The van der Waals surface area contributed by atoms with Crippen molar-refractivity contribution < 1.29 is 4.74 Å². The molecule has 0 unspecified atom stereocenters. The van der Waals surface area contributed by atoms with Crippen molar-refractivity contribution in [2.24, 2.45) is 5.73 Å². The summed E-state index contributed by atoms with van der Waals surface area (Å²) in [4.78, 5) is 0. The summed E-state index contributed by atoms with van der Waals surface area (Å²) in [6.07, 6.45) is 2.03. The third-order valence-electron chi connectivity index (χ3n) is 2.48. The Labute approximate surface area is 78.7 Å². The van der Waals surface area contributed by atoms with E-state index in [9.17, 15) is 0 Å². The van der Waals surface area contributed by atoms with E-state index in [-0.39, 0.29) is 0 Å². The number of hydrogen-bond acceptors (Lipinski definition) is 2. The van der Waals surface area contributed by atoms with E-state index in [1.54, 1.807) is 0 Å². The topological polar surface area (TPSA) is 35.2 Å². The molecule has 0 aliphatic carbocycles. The maximum absolute atomic E-state index is 5.51. The van der Waals surface area contributed by atoms with Gasteiger partial charge < -0.3 is 10.5 Å². The molecule has 0 bridgehead atoms. The van der Waals surface area contributed by atoms with Crippen molar-refractivity contribution in [2.75, 3.05) is 13.2 Å². The Balaban J connectivity index is 2.24. The summed E-state index contributed by atoms with van der Waals surface area (Å²) in [6, 6.07) is 6.59. The van der Waals surface area contributed by atoms with Crippen LogP contribution in [0, 0.1) is 0 Å². The van der Waals surface area contributed by atoms with Crippen molar-refractivity contribution in [3.8, 4) is 0 Å². The summed E-state index contributed by atoms with van der Waals surface area (Å²) in [5, 5.41) is 0. The highest BCUT2D eigenvalue weighted by molar-refractivity contribution is 5.33. The van der Waals surface area contributed by atoms with Gasteiger partial charge in [0.05, 0.1) is 13.2 Å². The summed E-state index contributed by atoms with van der Waals surface area (Å²) >= 11 is 0. The molecule has 1 aliphatic rings. The van der Waals surface area contributed by atoms with Gasteiger partial charge in [-0.2, -0.15) is 0 Å². The molecular weight excluding hydrogens is 162 g/mol. The first-order valence-corrected chi connectivity index (χ1v) is 4.78. The summed E-state index contributed by atoms with van der Waals surface area (Å²) in [7, 11) is 0. The van der Waals surface area contributed by atoms with Crippen molar-refractivity contribution in [1.82, 2.24) is 0 Å². The van der Waals surface area contributed by atoms with Crippen LogP contribution in [-0.2, 0) is 24.2 Å². The fourth-order valence-corrected chi connectivity index (χ4v) is 1.74. The molecule has 0 spiro atoms. The zero-order valence-electron chi connectivity index (χ0n) is 7.75. The molecule has 0 aromatic heterocycles.